The van der Waals surface area contributed by atoms with Gasteiger partial charge in [0.1, 0.15) is 22.2 Å². The van der Waals surface area contributed by atoms with E-state index >= 15 is 0 Å². The van der Waals surface area contributed by atoms with Crippen molar-refractivity contribution in [1.29, 1.82) is 0 Å². The fourth-order valence-electron chi connectivity index (χ4n) is 2.20. The molecule has 0 amide bonds. The summed E-state index contributed by atoms with van der Waals surface area (Å²) in [5.41, 5.74) is 21.4. The molecule has 0 aliphatic heterocycles. The molecular formula is C14H20N4O6S2. The van der Waals surface area contributed by atoms with Gasteiger partial charge in [-0.15, -0.1) is 0 Å². The first-order valence-electron chi connectivity index (χ1n) is 7.42. The molecule has 2 aromatic carbocycles. The highest BCUT2D eigenvalue weighted by molar-refractivity contribution is 7.87. The van der Waals surface area contributed by atoms with Crippen LogP contribution >= 0.6 is 0 Å². The first kappa shape index (κ1) is 20.7. The molecule has 8 N–H and O–H groups in total. The Kier molecular flexibility index (Phi) is 6.31. The Bertz CT molecular complexity index is 912. The van der Waals surface area contributed by atoms with Crippen molar-refractivity contribution in [2.45, 2.75) is 22.2 Å². The fourth-order valence-corrected chi connectivity index (χ4v) is 4.60. The summed E-state index contributed by atoms with van der Waals surface area (Å²) in [5, 5.41) is 0.227. The topological polar surface area (TPSA) is 191 Å². The average molecular weight is 404 g/mol. The molecule has 144 valence electrons. The van der Waals surface area contributed by atoms with E-state index < -0.39 is 32.7 Å². The summed E-state index contributed by atoms with van der Waals surface area (Å²) in [4.78, 5) is -0.502. The molecule has 0 aliphatic carbocycles. The van der Waals surface area contributed by atoms with Crippen LogP contribution in [0.5, 0.6) is 0 Å². The van der Waals surface area contributed by atoms with Crippen LogP contribution in [0.15, 0.2) is 46.2 Å². The summed E-state index contributed by atoms with van der Waals surface area (Å²) in [5.74, 6) is 0. The molecule has 0 saturated heterocycles. The Hall–Kier alpha value is -1.64. The maximum absolute atomic E-state index is 12.4. The van der Waals surface area contributed by atoms with Crippen LogP contribution in [0.4, 0.5) is 0 Å². The van der Waals surface area contributed by atoms with Crippen molar-refractivity contribution in [2.24, 2.45) is 22.9 Å². The molecule has 0 spiro atoms. The SMILES string of the molecule is NCC(N)OS(=O)(=O)c1cccc2c(S(=O)(=O)OC(N)CN)cccc12. The van der Waals surface area contributed by atoms with E-state index in [2.05, 4.69) is 0 Å². The van der Waals surface area contributed by atoms with Gasteiger partial charge in [0.15, 0.2) is 0 Å². The second-order valence-corrected chi connectivity index (χ2v) is 8.34. The molecule has 0 heterocycles. The number of fused-ring (bicyclic) bond motifs is 1. The molecule has 0 aliphatic rings. The van der Waals surface area contributed by atoms with Crippen molar-refractivity contribution in [3.8, 4) is 0 Å². The molecule has 10 nitrogen and oxygen atoms in total. The second kappa shape index (κ2) is 7.94. The first-order chi connectivity index (χ1) is 12.1. The Morgan fingerprint density at radius 3 is 1.38 bits per heavy atom. The Balaban J connectivity index is 2.63. The third kappa shape index (κ3) is 4.36. The highest BCUT2D eigenvalue weighted by atomic mass is 32.2. The predicted octanol–water partition coefficient (Wildman–Crippen LogP) is -1.26. The largest absolute Gasteiger partial charge is 0.327 e. The molecule has 0 aromatic heterocycles. The van der Waals surface area contributed by atoms with Gasteiger partial charge >= 0.3 is 0 Å². The predicted molar refractivity (Wildman–Crippen MR) is 94.5 cm³/mol. The summed E-state index contributed by atoms with van der Waals surface area (Å²) in [6.07, 6.45) is -2.46. The Labute approximate surface area is 151 Å². The maximum atomic E-state index is 12.4. The van der Waals surface area contributed by atoms with Crippen LogP contribution in [0, 0.1) is 0 Å². The lowest BCUT2D eigenvalue weighted by atomic mass is 10.1. The van der Waals surface area contributed by atoms with Crippen LogP contribution in [0.1, 0.15) is 0 Å². The summed E-state index contributed by atoms with van der Waals surface area (Å²) >= 11 is 0. The van der Waals surface area contributed by atoms with Gasteiger partial charge in [0.2, 0.25) is 0 Å². The van der Waals surface area contributed by atoms with E-state index in [4.69, 9.17) is 31.3 Å². The van der Waals surface area contributed by atoms with E-state index in [0.29, 0.717) is 0 Å². The van der Waals surface area contributed by atoms with E-state index in [9.17, 15) is 16.8 Å². The molecule has 12 heteroatoms. The van der Waals surface area contributed by atoms with Crippen molar-refractivity contribution in [3.05, 3.63) is 36.4 Å². The van der Waals surface area contributed by atoms with Crippen LogP contribution in [-0.2, 0) is 28.6 Å². The van der Waals surface area contributed by atoms with Gasteiger partial charge in [0, 0.05) is 23.9 Å². The Morgan fingerprint density at radius 2 is 1.08 bits per heavy atom. The number of hydrogen-bond acceptors (Lipinski definition) is 10. The van der Waals surface area contributed by atoms with Crippen molar-refractivity contribution in [3.63, 3.8) is 0 Å². The van der Waals surface area contributed by atoms with E-state index in [1.165, 1.54) is 36.4 Å². The zero-order valence-corrected chi connectivity index (χ0v) is 15.2. The lowest BCUT2D eigenvalue weighted by Gasteiger charge is -2.15. The van der Waals surface area contributed by atoms with Gasteiger partial charge in [0.05, 0.1) is 0 Å². The third-order valence-electron chi connectivity index (χ3n) is 3.35. The summed E-state index contributed by atoms with van der Waals surface area (Å²) < 4.78 is 59.3. The quantitative estimate of drug-likeness (QED) is 0.305. The molecule has 2 unspecified atom stereocenters. The lowest BCUT2D eigenvalue weighted by molar-refractivity contribution is 0.224. The van der Waals surface area contributed by atoms with Crippen LogP contribution in [0.2, 0.25) is 0 Å². The number of nitrogens with two attached hydrogens (primary N) is 4. The van der Waals surface area contributed by atoms with Crippen molar-refractivity contribution >= 4 is 31.0 Å². The monoisotopic (exact) mass is 404 g/mol. The second-order valence-electron chi connectivity index (χ2n) is 5.26. The summed E-state index contributed by atoms with van der Waals surface area (Å²) in [6.45, 7) is -0.428. The van der Waals surface area contributed by atoms with Crippen molar-refractivity contribution in [2.75, 3.05) is 13.1 Å². The van der Waals surface area contributed by atoms with Gasteiger partial charge in [-0.3, -0.25) is 0 Å². The molecule has 26 heavy (non-hydrogen) atoms. The average Bonchev–Trinajstić information content (AvgIpc) is 2.59. The highest BCUT2D eigenvalue weighted by Gasteiger charge is 2.25. The fraction of sp³-hybridized carbons (Fsp3) is 0.286. The number of rotatable bonds is 8. The molecule has 2 atom stereocenters. The summed E-state index contributed by atoms with van der Waals surface area (Å²) in [6, 6.07) is 8.14. The van der Waals surface area contributed by atoms with E-state index in [0.717, 1.165) is 0 Å². The van der Waals surface area contributed by atoms with Crippen LogP contribution < -0.4 is 22.9 Å². The summed E-state index contributed by atoms with van der Waals surface area (Å²) in [7, 11) is -8.55. The van der Waals surface area contributed by atoms with Gasteiger partial charge < -0.3 is 22.9 Å². The standard InChI is InChI=1S/C14H20N4O6S2/c15-7-13(17)23-25(19,20)11-5-1-3-9-10(11)4-2-6-12(9)26(21,22)24-14(18)8-16/h1-6,13-14H,7-8,15-18H2. The van der Waals surface area contributed by atoms with Crippen LogP contribution in [0.25, 0.3) is 10.8 Å². The first-order valence-corrected chi connectivity index (χ1v) is 10.2. The molecule has 0 saturated carbocycles. The molecule has 0 bridgehead atoms. The molecule has 2 rings (SSSR count). The van der Waals surface area contributed by atoms with Gasteiger partial charge in [-0.2, -0.15) is 16.8 Å². The molecule has 0 radical (unpaired) electrons. The van der Waals surface area contributed by atoms with Gasteiger partial charge in [0.25, 0.3) is 20.2 Å². The van der Waals surface area contributed by atoms with Crippen molar-refractivity contribution in [1.82, 2.24) is 0 Å². The van der Waals surface area contributed by atoms with E-state index in [1.54, 1.807) is 0 Å². The zero-order valence-electron chi connectivity index (χ0n) is 13.6. The zero-order chi connectivity index (χ0) is 19.5. The van der Waals surface area contributed by atoms with Gasteiger partial charge in [-0.1, -0.05) is 24.3 Å². The van der Waals surface area contributed by atoms with Crippen LogP contribution in [-0.4, -0.2) is 42.4 Å². The van der Waals surface area contributed by atoms with Crippen molar-refractivity contribution < 1.29 is 25.2 Å². The van der Waals surface area contributed by atoms with E-state index in [-0.39, 0.29) is 33.7 Å². The van der Waals surface area contributed by atoms with Gasteiger partial charge in [-0.25, -0.2) is 8.37 Å². The lowest BCUT2D eigenvalue weighted by Crippen LogP contribution is -2.35. The minimum absolute atomic E-state index is 0.114. The number of hydrogen-bond donors (Lipinski definition) is 4. The minimum Gasteiger partial charge on any atom is -0.327 e. The van der Waals surface area contributed by atoms with Crippen LogP contribution in [0.3, 0.4) is 0 Å². The smallest absolute Gasteiger partial charge is 0.299 e. The maximum Gasteiger partial charge on any atom is 0.299 e. The Morgan fingerprint density at radius 1 is 0.731 bits per heavy atom. The highest BCUT2D eigenvalue weighted by Crippen LogP contribution is 2.30. The van der Waals surface area contributed by atoms with E-state index in [1.807, 2.05) is 0 Å². The molecule has 2 aromatic rings. The van der Waals surface area contributed by atoms with Gasteiger partial charge in [-0.05, 0) is 12.1 Å². The molecular weight excluding hydrogens is 384 g/mol. The normalized spacial score (nSPS) is 15.1. The minimum atomic E-state index is -4.27. The number of benzene rings is 2. The molecule has 0 fully saturated rings. The third-order valence-corrected chi connectivity index (χ3v) is 6.14.